The van der Waals surface area contributed by atoms with Crippen molar-refractivity contribution in [2.45, 2.75) is 6.92 Å². The highest BCUT2D eigenvalue weighted by Gasteiger charge is 2.07. The summed E-state index contributed by atoms with van der Waals surface area (Å²) < 4.78 is 16.0. The van der Waals surface area contributed by atoms with Crippen molar-refractivity contribution >= 4 is 11.6 Å². The monoisotopic (exact) mass is 341 g/mol. The Morgan fingerprint density at radius 2 is 1.80 bits per heavy atom. The lowest BCUT2D eigenvalue weighted by Crippen LogP contribution is -2.12. The van der Waals surface area contributed by atoms with Gasteiger partial charge in [-0.3, -0.25) is 4.79 Å². The second kappa shape index (κ2) is 9.49. The molecule has 5 heteroatoms. The molecule has 0 fully saturated rings. The first-order valence-corrected chi connectivity index (χ1v) is 7.99. The average Bonchev–Trinajstić information content (AvgIpc) is 2.61. The average molecular weight is 341 g/mol. The highest BCUT2D eigenvalue weighted by molar-refractivity contribution is 6.04. The largest absolute Gasteiger partial charge is 0.491 e. The standard InChI is InChI=1S/C20H23NO4/c1-15(2)14-25-18-9-7-16(8-10-18)20(22)21-17-5-4-6-19(13-17)24-12-11-23-3/h4-10,13H,1,11-12,14H2,2-3H3,(H,21,22). The van der Waals surface area contributed by atoms with E-state index in [1.54, 1.807) is 37.4 Å². The maximum absolute atomic E-state index is 12.3. The van der Waals surface area contributed by atoms with Gasteiger partial charge in [0.2, 0.25) is 0 Å². The maximum atomic E-state index is 12.3. The second-order valence-electron chi connectivity index (χ2n) is 5.59. The molecule has 0 aliphatic rings. The lowest BCUT2D eigenvalue weighted by molar-refractivity contribution is 0.102. The number of benzene rings is 2. The fourth-order valence-corrected chi connectivity index (χ4v) is 2.02. The van der Waals surface area contributed by atoms with E-state index >= 15 is 0 Å². The van der Waals surface area contributed by atoms with E-state index in [9.17, 15) is 4.79 Å². The minimum absolute atomic E-state index is 0.194. The number of hydrogen-bond donors (Lipinski definition) is 1. The lowest BCUT2D eigenvalue weighted by Gasteiger charge is -2.10. The molecule has 1 N–H and O–H groups in total. The van der Waals surface area contributed by atoms with Gasteiger partial charge in [-0.15, -0.1) is 0 Å². The van der Waals surface area contributed by atoms with Crippen LogP contribution in [0.2, 0.25) is 0 Å². The summed E-state index contributed by atoms with van der Waals surface area (Å²) in [7, 11) is 1.62. The highest BCUT2D eigenvalue weighted by atomic mass is 16.5. The Labute approximate surface area is 148 Å². The third kappa shape index (κ3) is 6.31. The summed E-state index contributed by atoms with van der Waals surface area (Å²) in [6.45, 7) is 7.11. The molecule has 0 aliphatic carbocycles. The van der Waals surface area contributed by atoms with E-state index in [0.29, 0.717) is 42.6 Å². The molecular weight excluding hydrogens is 318 g/mol. The molecule has 25 heavy (non-hydrogen) atoms. The van der Waals surface area contributed by atoms with Crippen LogP contribution in [0.1, 0.15) is 17.3 Å². The molecule has 0 spiro atoms. The number of carbonyl (C=O) groups excluding carboxylic acids is 1. The van der Waals surface area contributed by atoms with Gasteiger partial charge in [0.25, 0.3) is 5.91 Å². The predicted molar refractivity (Wildman–Crippen MR) is 98.5 cm³/mol. The van der Waals surface area contributed by atoms with Crippen molar-refractivity contribution in [2.75, 3.05) is 32.2 Å². The number of methoxy groups -OCH3 is 1. The van der Waals surface area contributed by atoms with Gasteiger partial charge in [-0.05, 0) is 48.9 Å². The minimum atomic E-state index is -0.194. The Bertz CT molecular complexity index is 710. The van der Waals surface area contributed by atoms with Crippen molar-refractivity contribution < 1.29 is 19.0 Å². The molecule has 0 bridgehead atoms. The van der Waals surface area contributed by atoms with E-state index in [1.807, 2.05) is 25.1 Å². The second-order valence-corrected chi connectivity index (χ2v) is 5.59. The van der Waals surface area contributed by atoms with E-state index in [1.165, 1.54) is 0 Å². The third-order valence-corrected chi connectivity index (χ3v) is 3.25. The third-order valence-electron chi connectivity index (χ3n) is 3.25. The summed E-state index contributed by atoms with van der Waals surface area (Å²) in [4.78, 5) is 12.3. The number of anilines is 1. The van der Waals surface area contributed by atoms with Crippen LogP contribution in [0.5, 0.6) is 11.5 Å². The van der Waals surface area contributed by atoms with Gasteiger partial charge >= 0.3 is 0 Å². The molecule has 1 amide bonds. The number of ether oxygens (including phenoxy) is 3. The molecule has 0 aromatic heterocycles. The quantitative estimate of drug-likeness (QED) is 0.555. The fraction of sp³-hybridized carbons (Fsp3) is 0.250. The molecule has 0 heterocycles. The van der Waals surface area contributed by atoms with Crippen LogP contribution in [0, 0.1) is 0 Å². The van der Waals surface area contributed by atoms with Crippen LogP contribution in [0.3, 0.4) is 0 Å². The van der Waals surface area contributed by atoms with Crippen LogP contribution in [-0.4, -0.2) is 32.8 Å². The van der Waals surface area contributed by atoms with Gasteiger partial charge in [0, 0.05) is 24.4 Å². The molecule has 0 saturated carbocycles. The van der Waals surface area contributed by atoms with Crippen molar-refractivity contribution in [3.05, 3.63) is 66.2 Å². The molecule has 5 nitrogen and oxygen atoms in total. The SMILES string of the molecule is C=C(C)COc1ccc(C(=O)Nc2cccc(OCCOC)c2)cc1. The van der Waals surface area contributed by atoms with E-state index < -0.39 is 0 Å². The van der Waals surface area contributed by atoms with Gasteiger partial charge in [-0.25, -0.2) is 0 Å². The molecule has 0 radical (unpaired) electrons. The van der Waals surface area contributed by atoms with E-state index in [0.717, 1.165) is 5.57 Å². The van der Waals surface area contributed by atoms with E-state index in [-0.39, 0.29) is 5.91 Å². The van der Waals surface area contributed by atoms with Gasteiger partial charge in [0.05, 0.1) is 6.61 Å². The van der Waals surface area contributed by atoms with Gasteiger partial charge in [-0.2, -0.15) is 0 Å². The zero-order valence-corrected chi connectivity index (χ0v) is 14.6. The smallest absolute Gasteiger partial charge is 0.255 e. The molecule has 132 valence electrons. The summed E-state index contributed by atoms with van der Waals surface area (Å²) in [5, 5.41) is 2.85. The maximum Gasteiger partial charge on any atom is 0.255 e. The number of hydrogen-bond acceptors (Lipinski definition) is 4. The minimum Gasteiger partial charge on any atom is -0.491 e. The van der Waals surface area contributed by atoms with Crippen LogP contribution in [0.15, 0.2) is 60.7 Å². The lowest BCUT2D eigenvalue weighted by atomic mass is 10.2. The number of nitrogens with one attached hydrogen (secondary N) is 1. The Hall–Kier alpha value is -2.79. The topological polar surface area (TPSA) is 56.8 Å². The molecule has 0 aliphatic heterocycles. The van der Waals surface area contributed by atoms with E-state index in [2.05, 4.69) is 11.9 Å². The molecule has 2 aromatic carbocycles. The van der Waals surface area contributed by atoms with Gasteiger partial charge in [-0.1, -0.05) is 12.6 Å². The van der Waals surface area contributed by atoms with Crippen molar-refractivity contribution in [2.24, 2.45) is 0 Å². The normalized spacial score (nSPS) is 10.2. The predicted octanol–water partition coefficient (Wildman–Crippen LogP) is 3.92. The van der Waals surface area contributed by atoms with Gasteiger partial charge in [0.1, 0.15) is 24.7 Å². The van der Waals surface area contributed by atoms with Crippen LogP contribution < -0.4 is 14.8 Å². The Morgan fingerprint density at radius 1 is 1.04 bits per heavy atom. The van der Waals surface area contributed by atoms with Crippen molar-refractivity contribution in [1.82, 2.24) is 0 Å². The summed E-state index contributed by atoms with van der Waals surface area (Å²) in [6, 6.07) is 14.2. The van der Waals surface area contributed by atoms with Crippen LogP contribution >= 0.6 is 0 Å². The highest BCUT2D eigenvalue weighted by Crippen LogP contribution is 2.19. The van der Waals surface area contributed by atoms with Crippen molar-refractivity contribution in [1.29, 1.82) is 0 Å². The number of rotatable bonds is 9. The Kier molecular flexibility index (Phi) is 7.04. The summed E-state index contributed by atoms with van der Waals surface area (Å²) in [5.74, 6) is 1.19. The fourth-order valence-electron chi connectivity index (χ4n) is 2.02. The molecule has 0 saturated heterocycles. The zero-order chi connectivity index (χ0) is 18.1. The molecule has 0 atom stereocenters. The Morgan fingerprint density at radius 3 is 2.48 bits per heavy atom. The molecule has 2 aromatic rings. The molecule has 0 unspecified atom stereocenters. The Balaban J connectivity index is 1.94. The summed E-state index contributed by atoms with van der Waals surface area (Å²) in [5.41, 5.74) is 2.16. The van der Waals surface area contributed by atoms with Crippen LogP contribution in [0.25, 0.3) is 0 Å². The zero-order valence-electron chi connectivity index (χ0n) is 14.6. The van der Waals surface area contributed by atoms with Crippen LogP contribution in [-0.2, 0) is 4.74 Å². The summed E-state index contributed by atoms with van der Waals surface area (Å²) >= 11 is 0. The molecular formula is C20H23NO4. The number of carbonyl (C=O) groups is 1. The first-order valence-electron chi connectivity index (χ1n) is 7.99. The first-order chi connectivity index (χ1) is 12.1. The van der Waals surface area contributed by atoms with E-state index in [4.69, 9.17) is 14.2 Å². The first kappa shape index (κ1) is 18.5. The summed E-state index contributed by atoms with van der Waals surface area (Å²) in [6.07, 6.45) is 0. The van der Waals surface area contributed by atoms with Gasteiger partial charge in [0.15, 0.2) is 0 Å². The molecule has 2 rings (SSSR count). The number of amides is 1. The van der Waals surface area contributed by atoms with Crippen molar-refractivity contribution in [3.8, 4) is 11.5 Å². The van der Waals surface area contributed by atoms with Crippen molar-refractivity contribution in [3.63, 3.8) is 0 Å². The van der Waals surface area contributed by atoms with Crippen LogP contribution in [0.4, 0.5) is 5.69 Å². The van der Waals surface area contributed by atoms with Gasteiger partial charge < -0.3 is 19.5 Å².